The zero-order chi connectivity index (χ0) is 15.6. The lowest BCUT2D eigenvalue weighted by atomic mass is 10.0. The molecule has 3 heterocycles. The zero-order valence-corrected chi connectivity index (χ0v) is 13.0. The molecule has 0 radical (unpaired) electrons. The van der Waals surface area contributed by atoms with Crippen LogP contribution in [0.5, 0.6) is 0 Å². The molecule has 118 valence electrons. The molecule has 0 bridgehead atoms. The molecule has 1 aliphatic heterocycles. The summed E-state index contributed by atoms with van der Waals surface area (Å²) in [4.78, 5) is 14.1. The van der Waals surface area contributed by atoms with Gasteiger partial charge in [-0.2, -0.15) is 0 Å². The van der Waals surface area contributed by atoms with Crippen molar-refractivity contribution in [3.63, 3.8) is 0 Å². The number of urea groups is 1. The van der Waals surface area contributed by atoms with E-state index in [-0.39, 0.29) is 11.6 Å². The molecule has 0 unspecified atom stereocenters. The van der Waals surface area contributed by atoms with Crippen molar-refractivity contribution in [1.29, 1.82) is 0 Å². The van der Waals surface area contributed by atoms with E-state index >= 15 is 0 Å². The molecule has 2 amide bonds. The Labute approximate surface area is 129 Å². The lowest BCUT2D eigenvalue weighted by Gasteiger charge is -2.39. The highest BCUT2D eigenvalue weighted by Gasteiger charge is 2.32. The van der Waals surface area contributed by atoms with Crippen molar-refractivity contribution < 1.29 is 9.53 Å². The maximum absolute atomic E-state index is 12.3. The van der Waals surface area contributed by atoms with Crippen LogP contribution in [0.2, 0.25) is 0 Å². The second kappa shape index (κ2) is 5.92. The molecule has 7 heteroatoms. The summed E-state index contributed by atoms with van der Waals surface area (Å²) in [6.45, 7) is 6.26. The van der Waals surface area contributed by atoms with Crippen LogP contribution in [0, 0.1) is 0 Å². The average molecular weight is 303 g/mol. The third-order valence-electron chi connectivity index (χ3n) is 4.15. The summed E-state index contributed by atoms with van der Waals surface area (Å²) in [5.41, 5.74) is 0.522. The van der Waals surface area contributed by atoms with Crippen LogP contribution in [0.4, 0.5) is 4.79 Å². The molecule has 0 aromatic carbocycles. The number of ether oxygens (including phenoxy) is 1. The number of fused-ring (bicyclic) bond motifs is 1. The topological polar surface area (TPSA) is 71.8 Å². The van der Waals surface area contributed by atoms with Gasteiger partial charge in [0.05, 0.1) is 25.3 Å². The highest BCUT2D eigenvalue weighted by Crippen LogP contribution is 2.20. The SMILES string of the molecule is CC[C@]1(C)CN(C(=O)NCc2nnc3ccccn23)CCO1. The van der Waals surface area contributed by atoms with E-state index < -0.39 is 0 Å². The van der Waals surface area contributed by atoms with Crippen molar-refractivity contribution in [2.75, 3.05) is 19.7 Å². The molecule has 0 spiro atoms. The Morgan fingerprint density at radius 3 is 3.14 bits per heavy atom. The van der Waals surface area contributed by atoms with Crippen LogP contribution in [-0.2, 0) is 11.3 Å². The summed E-state index contributed by atoms with van der Waals surface area (Å²) in [6, 6.07) is 5.62. The number of pyridine rings is 1. The van der Waals surface area contributed by atoms with Crippen LogP contribution in [0.1, 0.15) is 26.1 Å². The van der Waals surface area contributed by atoms with Crippen molar-refractivity contribution in [2.45, 2.75) is 32.4 Å². The van der Waals surface area contributed by atoms with E-state index in [1.807, 2.05) is 35.7 Å². The molecule has 1 N–H and O–H groups in total. The van der Waals surface area contributed by atoms with Gasteiger partial charge in [0, 0.05) is 12.7 Å². The molecule has 2 aromatic heterocycles. The van der Waals surface area contributed by atoms with Crippen LogP contribution < -0.4 is 5.32 Å². The van der Waals surface area contributed by atoms with E-state index in [0.29, 0.717) is 26.2 Å². The fraction of sp³-hybridized carbons (Fsp3) is 0.533. The molecular formula is C15H21N5O2. The maximum atomic E-state index is 12.3. The smallest absolute Gasteiger partial charge is 0.317 e. The van der Waals surface area contributed by atoms with Gasteiger partial charge < -0.3 is 15.0 Å². The van der Waals surface area contributed by atoms with Crippen LogP contribution in [0.3, 0.4) is 0 Å². The van der Waals surface area contributed by atoms with Gasteiger partial charge >= 0.3 is 6.03 Å². The fourth-order valence-corrected chi connectivity index (χ4v) is 2.60. The van der Waals surface area contributed by atoms with E-state index in [2.05, 4.69) is 22.4 Å². The third kappa shape index (κ3) is 2.89. The van der Waals surface area contributed by atoms with Crippen molar-refractivity contribution in [1.82, 2.24) is 24.8 Å². The van der Waals surface area contributed by atoms with Crippen molar-refractivity contribution in [2.24, 2.45) is 0 Å². The van der Waals surface area contributed by atoms with Gasteiger partial charge in [-0.05, 0) is 25.5 Å². The standard InChI is InChI=1S/C15H21N5O2/c1-3-15(2)11-19(8-9-22-15)14(21)16-10-13-18-17-12-6-4-5-7-20(12)13/h4-7H,3,8-11H2,1-2H3,(H,16,21)/t15-/m1/s1. The minimum absolute atomic E-state index is 0.0874. The normalized spacial score (nSPS) is 22.0. The van der Waals surface area contributed by atoms with Gasteiger partial charge in [-0.1, -0.05) is 13.0 Å². The van der Waals surface area contributed by atoms with Crippen molar-refractivity contribution in [3.8, 4) is 0 Å². The summed E-state index contributed by atoms with van der Waals surface area (Å²) in [5, 5.41) is 11.1. The first-order valence-corrected chi connectivity index (χ1v) is 7.57. The summed E-state index contributed by atoms with van der Waals surface area (Å²) in [6.07, 6.45) is 2.77. The number of carbonyl (C=O) groups excluding carboxylic acids is 1. The molecule has 0 aliphatic carbocycles. The van der Waals surface area contributed by atoms with E-state index in [1.54, 1.807) is 4.90 Å². The Bertz CT molecular complexity index is 671. The number of hydrogen-bond acceptors (Lipinski definition) is 4. The summed E-state index contributed by atoms with van der Waals surface area (Å²) in [5.74, 6) is 0.718. The summed E-state index contributed by atoms with van der Waals surface area (Å²) >= 11 is 0. The molecule has 2 aromatic rings. The first kappa shape index (κ1) is 14.8. The molecule has 22 heavy (non-hydrogen) atoms. The highest BCUT2D eigenvalue weighted by molar-refractivity contribution is 5.74. The Balaban J connectivity index is 1.62. The first-order valence-electron chi connectivity index (χ1n) is 7.57. The summed E-state index contributed by atoms with van der Waals surface area (Å²) < 4.78 is 7.63. The molecule has 1 saturated heterocycles. The average Bonchev–Trinajstić information content (AvgIpc) is 2.96. The zero-order valence-electron chi connectivity index (χ0n) is 13.0. The maximum Gasteiger partial charge on any atom is 0.317 e. The minimum atomic E-state index is -0.253. The molecule has 1 fully saturated rings. The number of rotatable bonds is 3. The molecule has 1 atom stereocenters. The first-order chi connectivity index (χ1) is 10.6. The predicted octanol–water partition coefficient (Wildman–Crippen LogP) is 1.44. The predicted molar refractivity (Wildman–Crippen MR) is 81.4 cm³/mol. The van der Waals surface area contributed by atoms with E-state index in [1.165, 1.54) is 0 Å². The van der Waals surface area contributed by atoms with Gasteiger partial charge in [-0.15, -0.1) is 10.2 Å². The Kier molecular flexibility index (Phi) is 3.98. The molecule has 0 saturated carbocycles. The number of carbonyl (C=O) groups is 1. The number of nitrogens with zero attached hydrogens (tertiary/aromatic N) is 4. The third-order valence-corrected chi connectivity index (χ3v) is 4.15. The van der Waals surface area contributed by atoms with Gasteiger partial charge in [0.15, 0.2) is 11.5 Å². The Hall–Kier alpha value is -2.15. The largest absolute Gasteiger partial charge is 0.372 e. The molecule has 7 nitrogen and oxygen atoms in total. The fourth-order valence-electron chi connectivity index (χ4n) is 2.60. The van der Waals surface area contributed by atoms with Crippen LogP contribution >= 0.6 is 0 Å². The second-order valence-electron chi connectivity index (χ2n) is 5.78. The lowest BCUT2D eigenvalue weighted by molar-refractivity contribution is -0.0872. The number of amides is 2. The van der Waals surface area contributed by atoms with Crippen molar-refractivity contribution >= 4 is 11.7 Å². The van der Waals surface area contributed by atoms with E-state index in [0.717, 1.165) is 17.9 Å². The van der Waals surface area contributed by atoms with Gasteiger partial charge in [0.1, 0.15) is 0 Å². The molecule has 1 aliphatic rings. The number of hydrogen-bond donors (Lipinski definition) is 1. The van der Waals surface area contributed by atoms with Gasteiger partial charge in [0.25, 0.3) is 0 Å². The van der Waals surface area contributed by atoms with E-state index in [9.17, 15) is 4.79 Å². The Morgan fingerprint density at radius 1 is 1.45 bits per heavy atom. The monoisotopic (exact) mass is 303 g/mol. The molecular weight excluding hydrogens is 282 g/mol. The van der Waals surface area contributed by atoms with Crippen LogP contribution in [0.15, 0.2) is 24.4 Å². The van der Waals surface area contributed by atoms with Crippen LogP contribution in [0.25, 0.3) is 5.65 Å². The second-order valence-corrected chi connectivity index (χ2v) is 5.78. The van der Waals surface area contributed by atoms with Crippen LogP contribution in [-0.4, -0.2) is 50.8 Å². The number of nitrogens with one attached hydrogen (secondary N) is 1. The van der Waals surface area contributed by atoms with Gasteiger partial charge in [-0.25, -0.2) is 4.79 Å². The summed E-state index contributed by atoms with van der Waals surface area (Å²) in [7, 11) is 0. The van der Waals surface area contributed by atoms with Gasteiger partial charge in [0.2, 0.25) is 0 Å². The van der Waals surface area contributed by atoms with Gasteiger partial charge in [-0.3, -0.25) is 4.40 Å². The minimum Gasteiger partial charge on any atom is -0.372 e. The highest BCUT2D eigenvalue weighted by atomic mass is 16.5. The van der Waals surface area contributed by atoms with E-state index in [4.69, 9.17) is 4.74 Å². The number of morpholine rings is 1. The Morgan fingerprint density at radius 2 is 2.32 bits per heavy atom. The quantitative estimate of drug-likeness (QED) is 0.931. The van der Waals surface area contributed by atoms with Crippen molar-refractivity contribution in [3.05, 3.63) is 30.2 Å². The number of aromatic nitrogens is 3. The molecule has 3 rings (SSSR count). The lowest BCUT2D eigenvalue weighted by Crippen LogP contribution is -2.54.